The van der Waals surface area contributed by atoms with Crippen molar-refractivity contribution in [3.63, 3.8) is 0 Å². The molecule has 116 valence electrons. The minimum Gasteiger partial charge on any atom is -0.399 e. The Morgan fingerprint density at radius 3 is 2.67 bits per heavy atom. The Kier molecular flexibility index (Phi) is 5.62. The van der Waals surface area contributed by atoms with Crippen molar-refractivity contribution < 1.29 is 4.79 Å². The predicted molar refractivity (Wildman–Crippen MR) is 87.2 cm³/mol. The number of amides is 1. The van der Waals surface area contributed by atoms with Gasteiger partial charge in [-0.25, -0.2) is 0 Å². The van der Waals surface area contributed by atoms with Crippen LogP contribution in [-0.2, 0) is 4.79 Å². The molecule has 1 fully saturated rings. The monoisotopic (exact) mass is 289 g/mol. The van der Waals surface area contributed by atoms with Crippen molar-refractivity contribution in [3.8, 4) is 0 Å². The van der Waals surface area contributed by atoms with Gasteiger partial charge in [-0.1, -0.05) is 18.6 Å². The number of hydrogen-bond acceptors (Lipinski definition) is 3. The standard InChI is InChI=1S/C17H27N3O/c1-13(12-20-9-4-3-5-10-20)19-17(21)14(2)15-7-6-8-16(18)11-15/h6-8,11,13-14H,3-5,9-10,12,18H2,1-2H3,(H,19,21). The number of carbonyl (C=O) groups excluding carboxylic acids is 1. The number of nitrogen functional groups attached to an aromatic ring is 1. The number of rotatable bonds is 5. The number of piperidine rings is 1. The maximum absolute atomic E-state index is 12.3. The fraction of sp³-hybridized carbons (Fsp3) is 0.588. The van der Waals surface area contributed by atoms with Crippen LogP contribution in [0.2, 0.25) is 0 Å². The summed E-state index contributed by atoms with van der Waals surface area (Å²) in [5.74, 6) is -0.0950. The second-order valence-corrected chi connectivity index (χ2v) is 6.16. The summed E-state index contributed by atoms with van der Waals surface area (Å²) in [5, 5.41) is 3.12. The van der Waals surface area contributed by atoms with Crippen molar-refractivity contribution >= 4 is 11.6 Å². The predicted octanol–water partition coefficient (Wildman–Crippen LogP) is 2.36. The van der Waals surface area contributed by atoms with Gasteiger partial charge in [-0.15, -0.1) is 0 Å². The van der Waals surface area contributed by atoms with E-state index in [2.05, 4.69) is 17.1 Å². The summed E-state index contributed by atoms with van der Waals surface area (Å²) in [7, 11) is 0. The Morgan fingerprint density at radius 1 is 1.29 bits per heavy atom. The quantitative estimate of drug-likeness (QED) is 0.818. The number of hydrogen-bond donors (Lipinski definition) is 2. The van der Waals surface area contributed by atoms with Gasteiger partial charge in [0, 0.05) is 18.3 Å². The Morgan fingerprint density at radius 2 is 2.00 bits per heavy atom. The molecule has 0 bridgehead atoms. The molecule has 1 aliphatic heterocycles. The van der Waals surface area contributed by atoms with Gasteiger partial charge in [-0.3, -0.25) is 4.79 Å². The van der Waals surface area contributed by atoms with Crippen molar-refractivity contribution in [3.05, 3.63) is 29.8 Å². The van der Waals surface area contributed by atoms with E-state index in [1.807, 2.05) is 31.2 Å². The van der Waals surface area contributed by atoms with Crippen LogP contribution < -0.4 is 11.1 Å². The third-order valence-corrected chi connectivity index (χ3v) is 4.17. The lowest BCUT2D eigenvalue weighted by atomic mass is 9.99. The first kappa shape index (κ1) is 15.8. The zero-order valence-electron chi connectivity index (χ0n) is 13.1. The minimum absolute atomic E-state index is 0.0742. The zero-order valence-corrected chi connectivity index (χ0v) is 13.1. The topological polar surface area (TPSA) is 58.4 Å². The summed E-state index contributed by atoms with van der Waals surface area (Å²) in [6, 6.07) is 7.74. The van der Waals surface area contributed by atoms with Crippen LogP contribution in [0, 0.1) is 0 Å². The summed E-state index contributed by atoms with van der Waals surface area (Å²) >= 11 is 0. The molecule has 1 saturated heterocycles. The van der Waals surface area contributed by atoms with Gasteiger partial charge in [0.15, 0.2) is 0 Å². The van der Waals surface area contributed by atoms with E-state index in [1.165, 1.54) is 19.3 Å². The first-order chi connectivity index (χ1) is 10.1. The summed E-state index contributed by atoms with van der Waals surface area (Å²) < 4.78 is 0. The van der Waals surface area contributed by atoms with Gasteiger partial charge in [0.1, 0.15) is 0 Å². The van der Waals surface area contributed by atoms with Crippen LogP contribution in [-0.4, -0.2) is 36.5 Å². The number of nitrogens with two attached hydrogens (primary N) is 1. The molecule has 3 N–H and O–H groups in total. The molecule has 0 saturated carbocycles. The lowest BCUT2D eigenvalue weighted by Crippen LogP contribution is -2.44. The highest BCUT2D eigenvalue weighted by Crippen LogP contribution is 2.18. The second kappa shape index (κ2) is 7.46. The van der Waals surface area contributed by atoms with Gasteiger partial charge in [0.2, 0.25) is 5.91 Å². The van der Waals surface area contributed by atoms with E-state index in [0.717, 1.165) is 25.2 Å². The Hall–Kier alpha value is -1.55. The average Bonchev–Trinajstić information content (AvgIpc) is 2.47. The molecule has 0 radical (unpaired) electrons. The first-order valence-corrected chi connectivity index (χ1v) is 7.94. The highest BCUT2D eigenvalue weighted by atomic mass is 16.1. The van der Waals surface area contributed by atoms with Crippen LogP contribution in [0.3, 0.4) is 0 Å². The molecule has 2 rings (SSSR count). The Bertz CT molecular complexity index is 469. The number of carbonyl (C=O) groups is 1. The van der Waals surface area contributed by atoms with Crippen LogP contribution in [0.1, 0.15) is 44.6 Å². The molecule has 4 heteroatoms. The number of nitrogens with one attached hydrogen (secondary N) is 1. The van der Waals surface area contributed by atoms with E-state index >= 15 is 0 Å². The third kappa shape index (κ3) is 4.74. The van der Waals surface area contributed by atoms with Crippen molar-refractivity contribution in [2.75, 3.05) is 25.4 Å². The molecule has 0 aliphatic carbocycles. The third-order valence-electron chi connectivity index (χ3n) is 4.17. The van der Waals surface area contributed by atoms with Crippen LogP contribution in [0.25, 0.3) is 0 Å². The van der Waals surface area contributed by atoms with Crippen molar-refractivity contribution in [2.24, 2.45) is 0 Å². The lowest BCUT2D eigenvalue weighted by Gasteiger charge is -2.29. The minimum atomic E-state index is -0.169. The molecular weight excluding hydrogens is 262 g/mol. The molecule has 0 aromatic heterocycles. The SMILES string of the molecule is CC(CN1CCCCC1)NC(=O)C(C)c1cccc(N)c1. The molecule has 1 aliphatic rings. The van der Waals surface area contributed by atoms with Gasteiger partial charge < -0.3 is 16.0 Å². The van der Waals surface area contributed by atoms with Gasteiger partial charge in [-0.05, 0) is 57.5 Å². The van der Waals surface area contributed by atoms with Crippen molar-refractivity contribution in [2.45, 2.75) is 45.1 Å². The van der Waals surface area contributed by atoms with E-state index < -0.39 is 0 Å². The number of anilines is 1. The maximum atomic E-state index is 12.3. The molecule has 4 nitrogen and oxygen atoms in total. The van der Waals surface area contributed by atoms with Gasteiger partial charge >= 0.3 is 0 Å². The van der Waals surface area contributed by atoms with Crippen LogP contribution in [0.15, 0.2) is 24.3 Å². The fourth-order valence-electron chi connectivity index (χ4n) is 2.92. The molecular formula is C17H27N3O. The second-order valence-electron chi connectivity index (χ2n) is 6.16. The van der Waals surface area contributed by atoms with Crippen LogP contribution in [0.4, 0.5) is 5.69 Å². The molecule has 0 spiro atoms. The van der Waals surface area contributed by atoms with Crippen LogP contribution >= 0.6 is 0 Å². The molecule has 2 unspecified atom stereocenters. The average molecular weight is 289 g/mol. The van der Waals surface area contributed by atoms with E-state index in [-0.39, 0.29) is 17.9 Å². The Balaban J connectivity index is 1.85. The van der Waals surface area contributed by atoms with Crippen molar-refractivity contribution in [1.29, 1.82) is 0 Å². The number of likely N-dealkylation sites (tertiary alicyclic amines) is 1. The van der Waals surface area contributed by atoms with Gasteiger partial charge in [0.25, 0.3) is 0 Å². The smallest absolute Gasteiger partial charge is 0.227 e. The maximum Gasteiger partial charge on any atom is 0.227 e. The molecule has 1 aromatic rings. The summed E-state index contributed by atoms with van der Waals surface area (Å²) in [6.45, 7) is 7.27. The van der Waals surface area contributed by atoms with Crippen LogP contribution in [0.5, 0.6) is 0 Å². The number of benzene rings is 1. The summed E-state index contributed by atoms with van der Waals surface area (Å²) in [6.07, 6.45) is 3.89. The lowest BCUT2D eigenvalue weighted by molar-refractivity contribution is -0.122. The zero-order chi connectivity index (χ0) is 15.2. The number of nitrogens with zero attached hydrogens (tertiary/aromatic N) is 1. The molecule has 1 heterocycles. The summed E-state index contributed by atoms with van der Waals surface area (Å²) in [4.78, 5) is 14.8. The molecule has 1 amide bonds. The highest BCUT2D eigenvalue weighted by molar-refractivity contribution is 5.83. The normalized spacial score (nSPS) is 19.0. The van der Waals surface area contributed by atoms with Gasteiger partial charge in [0.05, 0.1) is 5.92 Å². The molecule has 2 atom stereocenters. The first-order valence-electron chi connectivity index (χ1n) is 7.94. The largest absolute Gasteiger partial charge is 0.399 e. The summed E-state index contributed by atoms with van der Waals surface area (Å²) in [5.41, 5.74) is 7.46. The van der Waals surface area contributed by atoms with Gasteiger partial charge in [-0.2, -0.15) is 0 Å². The fourth-order valence-corrected chi connectivity index (χ4v) is 2.92. The van der Waals surface area contributed by atoms with Crippen molar-refractivity contribution in [1.82, 2.24) is 10.2 Å². The van der Waals surface area contributed by atoms with E-state index in [4.69, 9.17) is 5.73 Å². The van der Waals surface area contributed by atoms with E-state index in [0.29, 0.717) is 5.69 Å². The highest BCUT2D eigenvalue weighted by Gasteiger charge is 2.19. The van der Waals surface area contributed by atoms with E-state index in [9.17, 15) is 4.79 Å². The molecule has 1 aromatic carbocycles. The Labute approximate surface area is 127 Å². The molecule has 21 heavy (non-hydrogen) atoms. The van der Waals surface area contributed by atoms with E-state index in [1.54, 1.807) is 0 Å².